The maximum absolute atomic E-state index is 12.6. The lowest BCUT2D eigenvalue weighted by atomic mass is 9.86. The van der Waals surface area contributed by atoms with Crippen LogP contribution < -0.4 is 5.73 Å². The SMILES string of the molecule is CN(CC1CCC1)S(=O)(=O)c1cc(Cl)cc(CN)c1Cl. The molecule has 2 rings (SSSR count). The summed E-state index contributed by atoms with van der Waals surface area (Å²) in [6, 6.07) is 2.98. The summed E-state index contributed by atoms with van der Waals surface area (Å²) >= 11 is 12.1. The fourth-order valence-electron chi connectivity index (χ4n) is 2.26. The molecule has 1 saturated carbocycles. The number of nitrogens with two attached hydrogens (primary N) is 1. The molecule has 0 unspecified atom stereocenters. The van der Waals surface area contributed by atoms with Crippen molar-refractivity contribution in [3.05, 3.63) is 27.7 Å². The van der Waals surface area contributed by atoms with Crippen LogP contribution in [-0.2, 0) is 16.6 Å². The maximum Gasteiger partial charge on any atom is 0.244 e. The highest BCUT2D eigenvalue weighted by molar-refractivity contribution is 7.89. The van der Waals surface area contributed by atoms with Crippen LogP contribution in [0.15, 0.2) is 17.0 Å². The maximum atomic E-state index is 12.6. The van der Waals surface area contributed by atoms with Gasteiger partial charge in [0, 0.05) is 25.2 Å². The topological polar surface area (TPSA) is 63.4 Å². The second-order valence-electron chi connectivity index (χ2n) is 5.16. The van der Waals surface area contributed by atoms with Crippen LogP contribution in [0.2, 0.25) is 10.0 Å². The van der Waals surface area contributed by atoms with Gasteiger partial charge in [-0.25, -0.2) is 12.7 Å². The van der Waals surface area contributed by atoms with E-state index in [0.29, 0.717) is 23.0 Å². The quantitative estimate of drug-likeness (QED) is 0.899. The van der Waals surface area contributed by atoms with Crippen molar-refractivity contribution < 1.29 is 8.42 Å². The lowest BCUT2D eigenvalue weighted by molar-refractivity contribution is 0.263. The average Bonchev–Trinajstić information content (AvgIpc) is 2.35. The molecular weight excluding hydrogens is 319 g/mol. The Kier molecular flexibility index (Phi) is 4.97. The molecule has 112 valence electrons. The van der Waals surface area contributed by atoms with Crippen molar-refractivity contribution in [3.8, 4) is 0 Å². The molecule has 0 amide bonds. The molecule has 20 heavy (non-hydrogen) atoms. The van der Waals surface area contributed by atoms with Crippen molar-refractivity contribution in [3.63, 3.8) is 0 Å². The molecular formula is C13H18Cl2N2O2S. The first-order valence-electron chi connectivity index (χ1n) is 6.50. The van der Waals surface area contributed by atoms with Crippen LogP contribution in [0.3, 0.4) is 0 Å². The highest BCUT2D eigenvalue weighted by Crippen LogP contribution is 2.33. The Bertz CT molecular complexity index is 601. The van der Waals surface area contributed by atoms with E-state index in [1.807, 2.05) is 0 Å². The van der Waals surface area contributed by atoms with Gasteiger partial charge in [0.1, 0.15) is 4.90 Å². The predicted octanol–water partition coefficient (Wildman–Crippen LogP) is 2.87. The molecule has 1 fully saturated rings. The van der Waals surface area contributed by atoms with Crippen molar-refractivity contribution >= 4 is 33.2 Å². The van der Waals surface area contributed by atoms with Crippen LogP contribution in [0.4, 0.5) is 0 Å². The molecule has 0 atom stereocenters. The van der Waals surface area contributed by atoms with Gasteiger partial charge in [-0.2, -0.15) is 0 Å². The summed E-state index contributed by atoms with van der Waals surface area (Å²) in [5, 5.41) is 0.489. The highest BCUT2D eigenvalue weighted by Gasteiger charge is 2.29. The number of nitrogens with zero attached hydrogens (tertiary/aromatic N) is 1. The Labute approximate surface area is 129 Å². The van der Waals surface area contributed by atoms with Crippen LogP contribution in [0.25, 0.3) is 0 Å². The Hall–Kier alpha value is -0.330. The standard InChI is InChI=1S/C13H18Cl2N2O2S/c1-17(8-9-3-2-4-9)20(18,19)12-6-11(14)5-10(7-16)13(12)15/h5-6,9H,2-4,7-8,16H2,1H3. The van der Waals surface area contributed by atoms with E-state index < -0.39 is 10.0 Å². The monoisotopic (exact) mass is 336 g/mol. The van der Waals surface area contributed by atoms with Gasteiger partial charge in [-0.05, 0) is 36.5 Å². The normalized spacial score (nSPS) is 16.4. The van der Waals surface area contributed by atoms with E-state index in [1.54, 1.807) is 13.1 Å². The summed E-state index contributed by atoms with van der Waals surface area (Å²) in [6.07, 6.45) is 3.34. The van der Waals surface area contributed by atoms with Crippen LogP contribution in [0.1, 0.15) is 24.8 Å². The molecule has 0 radical (unpaired) electrons. The molecule has 1 aromatic carbocycles. The van der Waals surface area contributed by atoms with E-state index in [4.69, 9.17) is 28.9 Å². The molecule has 0 aromatic heterocycles. The van der Waals surface area contributed by atoms with Gasteiger partial charge in [-0.1, -0.05) is 29.6 Å². The van der Waals surface area contributed by atoms with Crippen molar-refractivity contribution in [2.24, 2.45) is 11.7 Å². The molecule has 0 aliphatic heterocycles. The number of rotatable bonds is 5. The summed E-state index contributed by atoms with van der Waals surface area (Å²) in [5.41, 5.74) is 6.10. The minimum Gasteiger partial charge on any atom is -0.326 e. The van der Waals surface area contributed by atoms with Gasteiger partial charge in [-0.3, -0.25) is 0 Å². The van der Waals surface area contributed by atoms with Gasteiger partial charge < -0.3 is 5.73 Å². The molecule has 1 aliphatic rings. The van der Waals surface area contributed by atoms with Gasteiger partial charge in [0.05, 0.1) is 5.02 Å². The molecule has 1 aliphatic carbocycles. The smallest absolute Gasteiger partial charge is 0.244 e. The van der Waals surface area contributed by atoms with E-state index in [1.165, 1.54) is 16.8 Å². The lowest BCUT2D eigenvalue weighted by Crippen LogP contribution is -2.34. The Morgan fingerprint density at radius 3 is 2.50 bits per heavy atom. The molecule has 0 saturated heterocycles. The number of halogens is 2. The molecule has 2 N–H and O–H groups in total. The Morgan fingerprint density at radius 1 is 1.35 bits per heavy atom. The highest BCUT2D eigenvalue weighted by atomic mass is 35.5. The van der Waals surface area contributed by atoms with E-state index >= 15 is 0 Å². The van der Waals surface area contributed by atoms with E-state index in [0.717, 1.165) is 12.8 Å². The third kappa shape index (κ3) is 3.12. The van der Waals surface area contributed by atoms with E-state index in [2.05, 4.69) is 0 Å². The summed E-state index contributed by atoms with van der Waals surface area (Å²) < 4.78 is 26.5. The molecule has 0 heterocycles. The van der Waals surface area contributed by atoms with Crippen molar-refractivity contribution in [2.45, 2.75) is 30.7 Å². The summed E-state index contributed by atoms with van der Waals surface area (Å²) in [7, 11) is -2.06. The third-order valence-corrected chi connectivity index (χ3v) is 6.35. The third-order valence-electron chi connectivity index (χ3n) is 3.73. The lowest BCUT2D eigenvalue weighted by Gasteiger charge is -2.30. The zero-order valence-electron chi connectivity index (χ0n) is 11.3. The summed E-state index contributed by atoms with van der Waals surface area (Å²) in [5.74, 6) is 0.446. The zero-order valence-corrected chi connectivity index (χ0v) is 13.6. The number of hydrogen-bond acceptors (Lipinski definition) is 3. The second-order valence-corrected chi connectivity index (χ2v) is 7.99. The van der Waals surface area contributed by atoms with Crippen LogP contribution in [0, 0.1) is 5.92 Å². The molecule has 0 bridgehead atoms. The van der Waals surface area contributed by atoms with E-state index in [9.17, 15) is 8.42 Å². The molecule has 1 aromatic rings. The Balaban J connectivity index is 2.35. The van der Waals surface area contributed by atoms with Gasteiger partial charge in [0.15, 0.2) is 0 Å². The minimum atomic E-state index is -3.63. The van der Waals surface area contributed by atoms with Gasteiger partial charge >= 0.3 is 0 Å². The van der Waals surface area contributed by atoms with Crippen molar-refractivity contribution in [2.75, 3.05) is 13.6 Å². The van der Waals surface area contributed by atoms with Crippen LogP contribution >= 0.6 is 23.2 Å². The fourth-order valence-corrected chi connectivity index (χ4v) is 4.42. The van der Waals surface area contributed by atoms with E-state index in [-0.39, 0.29) is 16.5 Å². The summed E-state index contributed by atoms with van der Waals surface area (Å²) in [4.78, 5) is 0.0361. The molecule has 4 nitrogen and oxygen atoms in total. The fraction of sp³-hybridized carbons (Fsp3) is 0.538. The van der Waals surface area contributed by atoms with Crippen LogP contribution in [-0.4, -0.2) is 26.3 Å². The Morgan fingerprint density at radius 2 is 2.00 bits per heavy atom. The van der Waals surface area contributed by atoms with Gasteiger partial charge in [-0.15, -0.1) is 0 Å². The predicted molar refractivity (Wildman–Crippen MR) is 81.5 cm³/mol. The summed E-state index contributed by atoms with van der Waals surface area (Å²) in [6.45, 7) is 0.664. The first-order valence-corrected chi connectivity index (χ1v) is 8.70. The minimum absolute atomic E-state index is 0.0361. The van der Waals surface area contributed by atoms with Crippen molar-refractivity contribution in [1.82, 2.24) is 4.31 Å². The van der Waals surface area contributed by atoms with Gasteiger partial charge in [0.2, 0.25) is 10.0 Å². The van der Waals surface area contributed by atoms with Gasteiger partial charge in [0.25, 0.3) is 0 Å². The largest absolute Gasteiger partial charge is 0.326 e. The number of benzene rings is 1. The average molecular weight is 337 g/mol. The first kappa shape index (κ1) is 16.0. The second kappa shape index (κ2) is 6.20. The number of sulfonamides is 1. The number of hydrogen-bond donors (Lipinski definition) is 1. The van der Waals surface area contributed by atoms with Crippen LogP contribution in [0.5, 0.6) is 0 Å². The first-order chi connectivity index (χ1) is 9.36. The van der Waals surface area contributed by atoms with Crippen molar-refractivity contribution in [1.29, 1.82) is 0 Å². The molecule has 7 heteroatoms. The zero-order chi connectivity index (χ0) is 14.9. The molecule has 0 spiro atoms.